The Morgan fingerprint density at radius 3 is 3.04 bits per heavy atom. The Hall–Kier alpha value is -2.34. The lowest BCUT2D eigenvalue weighted by molar-refractivity contribution is 0.0719. The van der Waals surface area contributed by atoms with E-state index in [1.54, 1.807) is 23.5 Å². The van der Waals surface area contributed by atoms with E-state index in [0.29, 0.717) is 17.7 Å². The molecule has 0 radical (unpaired) electrons. The second kappa shape index (κ2) is 5.94. The smallest absolute Gasteiger partial charge is 0.257 e. The number of hydrogen-bond donors (Lipinski definition) is 1. The SMILES string of the molecule is CN1c2cc(C(=O)NCc3cccs3)ccc2C(=O)N2CCCC21. The van der Waals surface area contributed by atoms with E-state index in [1.807, 2.05) is 35.5 Å². The Balaban J connectivity index is 1.58. The summed E-state index contributed by atoms with van der Waals surface area (Å²) in [4.78, 5) is 30.2. The van der Waals surface area contributed by atoms with Gasteiger partial charge in [0, 0.05) is 24.0 Å². The molecule has 2 aromatic rings. The normalized spacial score (nSPS) is 19.2. The zero-order valence-electron chi connectivity index (χ0n) is 13.5. The number of carbonyl (C=O) groups is 2. The van der Waals surface area contributed by atoms with Gasteiger partial charge in [0.1, 0.15) is 6.17 Å². The molecule has 0 aliphatic carbocycles. The van der Waals surface area contributed by atoms with Crippen molar-refractivity contribution < 1.29 is 9.59 Å². The Labute approximate surface area is 144 Å². The van der Waals surface area contributed by atoms with Gasteiger partial charge in [0.05, 0.1) is 17.8 Å². The molecule has 1 saturated heterocycles. The maximum absolute atomic E-state index is 12.6. The Kier molecular flexibility index (Phi) is 3.76. The molecule has 4 rings (SSSR count). The van der Waals surface area contributed by atoms with Crippen LogP contribution in [0.15, 0.2) is 35.7 Å². The van der Waals surface area contributed by atoms with Gasteiger partial charge in [0.25, 0.3) is 11.8 Å². The maximum Gasteiger partial charge on any atom is 0.257 e. The number of amides is 2. The second-order valence-corrected chi connectivity index (χ2v) is 7.26. The summed E-state index contributed by atoms with van der Waals surface area (Å²) in [5.74, 6) is -0.0305. The number of carbonyl (C=O) groups excluding carboxylic acids is 2. The van der Waals surface area contributed by atoms with Gasteiger partial charge in [-0.25, -0.2) is 0 Å². The first kappa shape index (κ1) is 15.2. The van der Waals surface area contributed by atoms with E-state index in [-0.39, 0.29) is 18.0 Å². The van der Waals surface area contributed by atoms with Crippen LogP contribution >= 0.6 is 11.3 Å². The number of benzene rings is 1. The average Bonchev–Trinajstić information content (AvgIpc) is 3.28. The minimum atomic E-state index is -0.110. The highest BCUT2D eigenvalue weighted by Crippen LogP contribution is 2.35. The van der Waals surface area contributed by atoms with Crippen molar-refractivity contribution in [1.29, 1.82) is 0 Å². The lowest BCUT2D eigenvalue weighted by atomic mass is 10.0. The van der Waals surface area contributed by atoms with Gasteiger partial charge in [0.2, 0.25) is 0 Å². The van der Waals surface area contributed by atoms with E-state index >= 15 is 0 Å². The summed E-state index contributed by atoms with van der Waals surface area (Å²) in [5, 5.41) is 4.93. The summed E-state index contributed by atoms with van der Waals surface area (Å²) < 4.78 is 0. The molecule has 2 aliphatic heterocycles. The van der Waals surface area contributed by atoms with Gasteiger partial charge < -0.3 is 15.1 Å². The van der Waals surface area contributed by atoms with Crippen LogP contribution in [0.3, 0.4) is 0 Å². The Bertz CT molecular complexity index is 788. The van der Waals surface area contributed by atoms with Gasteiger partial charge in [0.15, 0.2) is 0 Å². The zero-order valence-corrected chi connectivity index (χ0v) is 14.3. The summed E-state index contributed by atoms with van der Waals surface area (Å²) in [5.41, 5.74) is 2.13. The molecule has 3 heterocycles. The van der Waals surface area contributed by atoms with Gasteiger partial charge in [-0.2, -0.15) is 0 Å². The summed E-state index contributed by atoms with van der Waals surface area (Å²) in [6.45, 7) is 1.34. The first-order chi connectivity index (χ1) is 11.6. The number of nitrogens with zero attached hydrogens (tertiary/aromatic N) is 2. The topological polar surface area (TPSA) is 52.7 Å². The third-order valence-electron chi connectivity index (χ3n) is 4.80. The van der Waals surface area contributed by atoms with Crippen LogP contribution in [0, 0.1) is 0 Å². The Morgan fingerprint density at radius 2 is 2.25 bits per heavy atom. The number of rotatable bonds is 3. The molecule has 1 unspecified atom stereocenters. The van der Waals surface area contributed by atoms with Crippen LogP contribution in [-0.2, 0) is 6.54 Å². The first-order valence-electron chi connectivity index (χ1n) is 8.13. The molecule has 0 bridgehead atoms. The quantitative estimate of drug-likeness (QED) is 0.934. The van der Waals surface area contributed by atoms with Crippen LogP contribution in [0.1, 0.15) is 38.4 Å². The van der Waals surface area contributed by atoms with Gasteiger partial charge in [-0.3, -0.25) is 9.59 Å². The highest BCUT2D eigenvalue weighted by Gasteiger charge is 2.38. The summed E-state index contributed by atoms with van der Waals surface area (Å²) >= 11 is 1.62. The minimum Gasteiger partial charge on any atom is -0.354 e. The summed E-state index contributed by atoms with van der Waals surface area (Å²) in [7, 11) is 2.00. The van der Waals surface area contributed by atoms with Gasteiger partial charge >= 0.3 is 0 Å². The van der Waals surface area contributed by atoms with Crippen LogP contribution in [0.5, 0.6) is 0 Å². The van der Waals surface area contributed by atoms with Crippen molar-refractivity contribution in [2.24, 2.45) is 0 Å². The number of hydrogen-bond acceptors (Lipinski definition) is 4. The molecule has 2 aliphatic rings. The predicted octanol–water partition coefficient (Wildman–Crippen LogP) is 2.69. The van der Waals surface area contributed by atoms with Crippen molar-refractivity contribution in [3.05, 3.63) is 51.7 Å². The van der Waals surface area contributed by atoms with Gasteiger partial charge in [-0.15, -0.1) is 11.3 Å². The second-order valence-electron chi connectivity index (χ2n) is 6.23. The highest BCUT2D eigenvalue weighted by molar-refractivity contribution is 7.09. The summed E-state index contributed by atoms with van der Waals surface area (Å²) in [6.07, 6.45) is 2.13. The summed E-state index contributed by atoms with van der Waals surface area (Å²) in [6, 6.07) is 9.33. The van der Waals surface area contributed by atoms with E-state index in [1.165, 1.54) is 0 Å². The fraction of sp³-hybridized carbons (Fsp3) is 0.333. The molecule has 1 fully saturated rings. The Morgan fingerprint density at radius 1 is 1.38 bits per heavy atom. The van der Waals surface area contributed by atoms with Crippen molar-refractivity contribution in [3.63, 3.8) is 0 Å². The van der Waals surface area contributed by atoms with Crippen molar-refractivity contribution in [3.8, 4) is 0 Å². The lowest BCUT2D eigenvalue weighted by Crippen LogP contribution is -2.50. The van der Waals surface area contributed by atoms with Gasteiger partial charge in [-0.1, -0.05) is 6.07 Å². The number of thiophene rings is 1. The van der Waals surface area contributed by atoms with E-state index in [0.717, 1.165) is 30.0 Å². The van der Waals surface area contributed by atoms with Crippen molar-refractivity contribution in [1.82, 2.24) is 10.2 Å². The number of fused-ring (bicyclic) bond motifs is 2. The molecule has 1 atom stereocenters. The van der Waals surface area contributed by atoms with Crippen LogP contribution in [0.25, 0.3) is 0 Å². The average molecular weight is 341 g/mol. The molecule has 24 heavy (non-hydrogen) atoms. The standard InChI is InChI=1S/C18H19N3O2S/c1-20-15-10-12(17(22)19-11-13-4-3-9-24-13)6-7-14(15)18(23)21-8-2-5-16(20)21/h3-4,6-7,9-10,16H,2,5,8,11H2,1H3,(H,19,22). The molecule has 1 aromatic heterocycles. The van der Waals surface area contributed by atoms with E-state index in [9.17, 15) is 9.59 Å². The van der Waals surface area contributed by atoms with Crippen LogP contribution in [0.4, 0.5) is 5.69 Å². The molecule has 124 valence electrons. The first-order valence-corrected chi connectivity index (χ1v) is 9.01. The van der Waals surface area contributed by atoms with E-state index < -0.39 is 0 Å². The molecule has 1 N–H and O–H groups in total. The molecular weight excluding hydrogens is 322 g/mol. The van der Waals surface area contributed by atoms with E-state index in [2.05, 4.69) is 10.2 Å². The molecular formula is C18H19N3O2S. The van der Waals surface area contributed by atoms with Crippen molar-refractivity contribution >= 4 is 28.8 Å². The molecule has 1 aromatic carbocycles. The minimum absolute atomic E-state index is 0.0798. The van der Waals surface area contributed by atoms with Crippen LogP contribution in [0.2, 0.25) is 0 Å². The largest absolute Gasteiger partial charge is 0.354 e. The van der Waals surface area contributed by atoms with Crippen molar-refractivity contribution in [2.75, 3.05) is 18.5 Å². The monoisotopic (exact) mass is 341 g/mol. The molecule has 0 saturated carbocycles. The molecule has 0 spiro atoms. The van der Waals surface area contributed by atoms with Crippen LogP contribution < -0.4 is 10.2 Å². The maximum atomic E-state index is 12.6. The van der Waals surface area contributed by atoms with E-state index in [4.69, 9.17) is 0 Å². The molecule has 2 amide bonds. The van der Waals surface area contributed by atoms with Crippen LogP contribution in [-0.4, -0.2) is 36.5 Å². The zero-order chi connectivity index (χ0) is 16.7. The lowest BCUT2D eigenvalue weighted by Gasteiger charge is -2.40. The third-order valence-corrected chi connectivity index (χ3v) is 5.68. The molecule has 5 nitrogen and oxygen atoms in total. The molecule has 6 heteroatoms. The van der Waals surface area contributed by atoms with Gasteiger partial charge in [-0.05, 0) is 42.5 Å². The number of nitrogens with one attached hydrogen (secondary N) is 1. The van der Waals surface area contributed by atoms with Crippen molar-refractivity contribution in [2.45, 2.75) is 25.6 Å². The number of anilines is 1. The predicted molar refractivity (Wildman–Crippen MR) is 94.4 cm³/mol. The fourth-order valence-electron chi connectivity index (χ4n) is 3.53. The fourth-order valence-corrected chi connectivity index (χ4v) is 4.18. The highest BCUT2D eigenvalue weighted by atomic mass is 32.1. The third kappa shape index (κ3) is 2.47.